The van der Waals surface area contributed by atoms with Gasteiger partial charge in [0, 0.05) is 24.6 Å². The van der Waals surface area contributed by atoms with Crippen LogP contribution in [0.15, 0.2) is 36.7 Å². The van der Waals surface area contributed by atoms with Crippen LogP contribution in [0.1, 0.15) is 33.6 Å². The van der Waals surface area contributed by atoms with Gasteiger partial charge in [-0.1, -0.05) is 6.07 Å². The van der Waals surface area contributed by atoms with E-state index >= 15 is 0 Å². The van der Waals surface area contributed by atoms with Crippen molar-refractivity contribution in [1.29, 1.82) is 5.26 Å². The number of amides is 1. The number of esters is 1. The molecule has 0 radical (unpaired) electrons. The van der Waals surface area contributed by atoms with Gasteiger partial charge < -0.3 is 9.64 Å². The number of carbonyl (C=O) groups excluding carboxylic acids is 2. The van der Waals surface area contributed by atoms with Crippen LogP contribution in [0.3, 0.4) is 0 Å². The third kappa shape index (κ3) is 4.41. The molecule has 0 aliphatic carbocycles. The van der Waals surface area contributed by atoms with Crippen LogP contribution in [0.2, 0.25) is 0 Å². The van der Waals surface area contributed by atoms with Crippen LogP contribution in [0.25, 0.3) is 5.65 Å². The van der Waals surface area contributed by atoms with Gasteiger partial charge in [-0.3, -0.25) is 4.79 Å². The number of fused-ring (bicyclic) bond motifs is 1. The second-order valence-corrected chi connectivity index (χ2v) is 6.72. The lowest BCUT2D eigenvalue weighted by atomic mass is 10.1. The molecule has 1 aromatic carbocycles. The van der Waals surface area contributed by atoms with Crippen molar-refractivity contribution in [3.8, 4) is 6.07 Å². The number of aromatic nitrogens is 3. The van der Waals surface area contributed by atoms with E-state index in [1.807, 2.05) is 38.1 Å². The van der Waals surface area contributed by atoms with E-state index in [2.05, 4.69) is 10.1 Å². The molecule has 0 saturated heterocycles. The molecule has 3 rings (SSSR count). The Labute approximate surface area is 168 Å². The van der Waals surface area contributed by atoms with Gasteiger partial charge in [0.1, 0.15) is 5.56 Å². The van der Waals surface area contributed by atoms with Crippen molar-refractivity contribution in [2.45, 2.75) is 27.2 Å². The number of aryl methyl sites for hydroxylation is 3. The maximum atomic E-state index is 12.8. The number of nitrogens with zero attached hydrogens (tertiary/aromatic N) is 5. The van der Waals surface area contributed by atoms with Crippen molar-refractivity contribution in [1.82, 2.24) is 14.6 Å². The van der Waals surface area contributed by atoms with Crippen LogP contribution >= 0.6 is 0 Å². The summed E-state index contributed by atoms with van der Waals surface area (Å²) in [6.07, 6.45) is 3.41. The molecule has 0 atom stereocenters. The summed E-state index contributed by atoms with van der Waals surface area (Å²) in [6, 6.07) is 9.48. The molecule has 0 bridgehead atoms. The summed E-state index contributed by atoms with van der Waals surface area (Å²) >= 11 is 0. The first-order chi connectivity index (χ1) is 13.9. The van der Waals surface area contributed by atoms with E-state index < -0.39 is 18.5 Å². The largest absolute Gasteiger partial charge is 0.452 e. The topological polar surface area (TPSA) is 101 Å². The SMILES string of the molecule is Cc1cc(C)cc(N(CCC#N)C(=O)COC(=O)c2c(C)nn3cccnc23)c1. The van der Waals surface area contributed by atoms with E-state index in [-0.39, 0.29) is 18.5 Å². The predicted octanol–water partition coefficient (Wildman–Crippen LogP) is 2.76. The molecule has 0 saturated carbocycles. The van der Waals surface area contributed by atoms with Gasteiger partial charge in [0.25, 0.3) is 5.91 Å². The van der Waals surface area contributed by atoms with Gasteiger partial charge in [-0.2, -0.15) is 10.4 Å². The number of ether oxygens (including phenoxy) is 1. The molecule has 0 aliphatic heterocycles. The molecule has 8 nitrogen and oxygen atoms in total. The van der Waals surface area contributed by atoms with E-state index in [0.717, 1.165) is 11.1 Å². The molecule has 148 valence electrons. The van der Waals surface area contributed by atoms with Crippen molar-refractivity contribution >= 4 is 23.2 Å². The Bertz CT molecular complexity index is 1090. The van der Waals surface area contributed by atoms with Crippen LogP contribution in [-0.4, -0.2) is 39.6 Å². The average molecular weight is 391 g/mol. The highest BCUT2D eigenvalue weighted by atomic mass is 16.5. The van der Waals surface area contributed by atoms with E-state index in [0.29, 0.717) is 17.0 Å². The van der Waals surface area contributed by atoms with Gasteiger partial charge in [0.15, 0.2) is 12.3 Å². The summed E-state index contributed by atoms with van der Waals surface area (Å²) < 4.78 is 6.76. The normalized spacial score (nSPS) is 10.6. The van der Waals surface area contributed by atoms with E-state index in [4.69, 9.17) is 10.00 Å². The van der Waals surface area contributed by atoms with Crippen LogP contribution in [-0.2, 0) is 9.53 Å². The first-order valence-electron chi connectivity index (χ1n) is 9.13. The molecule has 2 heterocycles. The van der Waals surface area contributed by atoms with E-state index in [1.165, 1.54) is 9.42 Å². The third-order valence-electron chi connectivity index (χ3n) is 4.37. The number of hydrogen-bond acceptors (Lipinski definition) is 6. The van der Waals surface area contributed by atoms with Crippen molar-refractivity contribution in [3.63, 3.8) is 0 Å². The minimum atomic E-state index is -0.662. The van der Waals surface area contributed by atoms with Crippen molar-refractivity contribution in [2.24, 2.45) is 0 Å². The first kappa shape index (κ1) is 20.0. The number of anilines is 1. The zero-order valence-corrected chi connectivity index (χ0v) is 16.5. The van der Waals surface area contributed by atoms with Gasteiger partial charge in [-0.05, 0) is 50.1 Å². The highest BCUT2D eigenvalue weighted by molar-refractivity contribution is 6.00. The number of nitriles is 1. The summed E-state index contributed by atoms with van der Waals surface area (Å²) in [5, 5.41) is 13.2. The smallest absolute Gasteiger partial charge is 0.344 e. The summed E-state index contributed by atoms with van der Waals surface area (Å²) in [7, 11) is 0. The number of rotatable bonds is 6. The molecular formula is C21H21N5O3. The monoisotopic (exact) mass is 391 g/mol. The molecule has 1 amide bonds. The molecule has 8 heteroatoms. The maximum absolute atomic E-state index is 12.8. The van der Waals surface area contributed by atoms with Gasteiger partial charge in [-0.15, -0.1) is 0 Å². The maximum Gasteiger partial charge on any atom is 0.344 e. The highest BCUT2D eigenvalue weighted by Gasteiger charge is 2.23. The zero-order chi connectivity index (χ0) is 21.0. The molecule has 29 heavy (non-hydrogen) atoms. The Hall–Kier alpha value is -3.73. The molecule has 3 aromatic rings. The Morgan fingerprint density at radius 3 is 2.62 bits per heavy atom. The standard InChI is InChI=1S/C21H21N5O3/c1-14-10-15(2)12-17(11-14)25(8-4-6-22)18(27)13-29-21(28)19-16(3)24-26-9-5-7-23-20(19)26/h5,7,9-12H,4,8,13H2,1-3H3. The Kier molecular flexibility index (Phi) is 5.88. The second kappa shape index (κ2) is 8.52. The fourth-order valence-corrected chi connectivity index (χ4v) is 3.18. The van der Waals surface area contributed by atoms with Gasteiger partial charge in [0.2, 0.25) is 0 Å². The zero-order valence-electron chi connectivity index (χ0n) is 16.5. The molecular weight excluding hydrogens is 370 g/mol. The van der Waals surface area contributed by atoms with Crippen LogP contribution in [0.4, 0.5) is 5.69 Å². The average Bonchev–Trinajstić information content (AvgIpc) is 3.01. The van der Waals surface area contributed by atoms with Crippen LogP contribution < -0.4 is 4.90 Å². The molecule has 0 N–H and O–H groups in total. The molecule has 0 fully saturated rings. The summed E-state index contributed by atoms with van der Waals surface area (Å²) in [5.41, 5.74) is 3.75. The minimum absolute atomic E-state index is 0.170. The van der Waals surface area contributed by atoms with E-state index in [1.54, 1.807) is 25.4 Å². The second-order valence-electron chi connectivity index (χ2n) is 6.72. The van der Waals surface area contributed by atoms with Crippen LogP contribution in [0, 0.1) is 32.1 Å². The minimum Gasteiger partial charge on any atom is -0.452 e. The van der Waals surface area contributed by atoms with Crippen molar-refractivity contribution in [2.75, 3.05) is 18.1 Å². The number of carbonyl (C=O) groups is 2. The first-order valence-corrected chi connectivity index (χ1v) is 9.13. The lowest BCUT2D eigenvalue weighted by Crippen LogP contribution is -2.35. The summed E-state index contributed by atoms with van der Waals surface area (Å²) in [6.45, 7) is 5.32. The molecule has 0 aliphatic rings. The van der Waals surface area contributed by atoms with Gasteiger partial charge in [-0.25, -0.2) is 14.3 Å². The fourth-order valence-electron chi connectivity index (χ4n) is 3.18. The summed E-state index contributed by atoms with van der Waals surface area (Å²) in [5.74, 6) is -1.06. The lowest BCUT2D eigenvalue weighted by Gasteiger charge is -2.22. The Morgan fingerprint density at radius 1 is 1.21 bits per heavy atom. The molecule has 0 spiro atoms. The Morgan fingerprint density at radius 2 is 1.93 bits per heavy atom. The van der Waals surface area contributed by atoms with Gasteiger partial charge in [0.05, 0.1) is 18.2 Å². The fraction of sp³-hybridized carbons (Fsp3) is 0.286. The van der Waals surface area contributed by atoms with Crippen LogP contribution in [0.5, 0.6) is 0 Å². The van der Waals surface area contributed by atoms with Gasteiger partial charge >= 0.3 is 5.97 Å². The van der Waals surface area contributed by atoms with E-state index in [9.17, 15) is 9.59 Å². The third-order valence-corrected chi connectivity index (χ3v) is 4.37. The number of hydrogen-bond donors (Lipinski definition) is 0. The summed E-state index contributed by atoms with van der Waals surface area (Å²) in [4.78, 5) is 31.0. The Balaban J connectivity index is 1.78. The molecule has 2 aromatic heterocycles. The lowest BCUT2D eigenvalue weighted by molar-refractivity contribution is -0.121. The quantitative estimate of drug-likeness (QED) is 0.599. The highest BCUT2D eigenvalue weighted by Crippen LogP contribution is 2.20. The number of benzene rings is 1. The predicted molar refractivity (Wildman–Crippen MR) is 107 cm³/mol. The molecule has 0 unspecified atom stereocenters. The van der Waals surface area contributed by atoms with Crippen molar-refractivity contribution in [3.05, 3.63) is 59.0 Å². The van der Waals surface area contributed by atoms with Crippen molar-refractivity contribution < 1.29 is 14.3 Å².